The van der Waals surface area contributed by atoms with Gasteiger partial charge in [-0.2, -0.15) is 0 Å². The van der Waals surface area contributed by atoms with Crippen molar-refractivity contribution in [1.29, 1.82) is 0 Å². The van der Waals surface area contributed by atoms with Crippen LogP contribution in [0.5, 0.6) is 17.2 Å². The summed E-state index contributed by atoms with van der Waals surface area (Å²) in [7, 11) is 1.11. The van der Waals surface area contributed by atoms with E-state index in [0.717, 1.165) is 24.8 Å². The Morgan fingerprint density at radius 1 is 0.812 bits per heavy atom. The summed E-state index contributed by atoms with van der Waals surface area (Å²) in [5.41, 5.74) is 1.74. The molecule has 0 heterocycles. The largest absolute Gasteiger partial charge is 0.573 e. The maximum absolute atomic E-state index is 12.7. The van der Waals surface area contributed by atoms with Crippen molar-refractivity contribution in [1.82, 2.24) is 0 Å². The van der Waals surface area contributed by atoms with E-state index in [4.69, 9.17) is 4.74 Å². The molecule has 0 aliphatic rings. The molecule has 3 aromatic rings. The molecule has 0 atom stereocenters. The van der Waals surface area contributed by atoms with Crippen LogP contribution in [0.1, 0.15) is 5.56 Å². The molecule has 1 amide bonds. The highest BCUT2D eigenvalue weighted by Gasteiger charge is 2.31. The van der Waals surface area contributed by atoms with Gasteiger partial charge in [0.1, 0.15) is 17.2 Å². The van der Waals surface area contributed by atoms with E-state index in [-0.39, 0.29) is 11.5 Å². The van der Waals surface area contributed by atoms with Gasteiger partial charge in [0.15, 0.2) is 0 Å². The number of aryl methyl sites for hydroxylation is 1. The number of carbonyl (C=O) groups excluding carboxylic acids is 2. The van der Waals surface area contributed by atoms with Crippen molar-refractivity contribution in [2.45, 2.75) is 13.3 Å². The quantitative estimate of drug-likeness (QED) is 0.382. The second-order valence-corrected chi connectivity index (χ2v) is 6.59. The number of halogens is 3. The minimum absolute atomic E-state index is 0.248. The smallest absolute Gasteiger partial charge is 0.462 e. The van der Waals surface area contributed by atoms with Gasteiger partial charge in [-0.15, -0.1) is 13.2 Å². The van der Waals surface area contributed by atoms with E-state index in [1.54, 1.807) is 42.5 Å². The number of hydrogen-bond acceptors (Lipinski definition) is 5. The molecule has 0 aromatic heterocycles. The molecule has 0 fully saturated rings. The van der Waals surface area contributed by atoms with Crippen molar-refractivity contribution in [3.05, 3.63) is 78.4 Å². The Kier molecular flexibility index (Phi) is 6.67. The lowest BCUT2D eigenvalue weighted by atomic mass is 10.2. The number of methoxy groups -OCH3 is 1. The molecule has 0 unspecified atom stereocenters. The van der Waals surface area contributed by atoms with Crippen LogP contribution in [-0.4, -0.2) is 25.3 Å². The highest BCUT2D eigenvalue weighted by atomic mass is 19.4. The number of rotatable bonds is 5. The summed E-state index contributed by atoms with van der Waals surface area (Å²) in [5.74, 6) is -1.79. The molecular weight excluding hydrogens is 427 g/mol. The van der Waals surface area contributed by atoms with E-state index < -0.39 is 18.2 Å². The number of carbonyl (C=O) groups is 2. The Bertz CT molecular complexity index is 1100. The number of ether oxygens (including phenoxy) is 3. The Morgan fingerprint density at radius 2 is 1.44 bits per heavy atom. The first-order valence-corrected chi connectivity index (χ1v) is 9.29. The molecule has 0 aliphatic carbocycles. The third-order valence-corrected chi connectivity index (χ3v) is 4.22. The van der Waals surface area contributed by atoms with Gasteiger partial charge in [0.25, 0.3) is 0 Å². The van der Waals surface area contributed by atoms with E-state index in [9.17, 15) is 22.8 Å². The molecule has 6 nitrogen and oxygen atoms in total. The number of nitrogens with zero attached hydrogens (tertiary/aromatic N) is 1. The molecule has 9 heteroatoms. The Hall–Kier alpha value is -4.01. The van der Waals surface area contributed by atoms with Crippen LogP contribution in [0.2, 0.25) is 0 Å². The number of esters is 1. The third-order valence-electron chi connectivity index (χ3n) is 4.22. The van der Waals surface area contributed by atoms with Crippen molar-refractivity contribution in [2.24, 2.45) is 0 Å². The van der Waals surface area contributed by atoms with Crippen molar-refractivity contribution < 1.29 is 37.0 Å². The molecule has 0 radical (unpaired) electrons. The number of alkyl halides is 3. The molecule has 0 saturated heterocycles. The zero-order valence-electron chi connectivity index (χ0n) is 17.1. The molecule has 166 valence electrons. The molecule has 32 heavy (non-hydrogen) atoms. The lowest BCUT2D eigenvalue weighted by Crippen LogP contribution is -2.33. The first kappa shape index (κ1) is 22.7. The van der Waals surface area contributed by atoms with Crippen LogP contribution in [0, 0.1) is 6.92 Å². The average Bonchev–Trinajstić information content (AvgIpc) is 2.75. The third kappa shape index (κ3) is 5.78. The minimum Gasteiger partial charge on any atom is -0.462 e. The first-order chi connectivity index (χ1) is 15.2. The summed E-state index contributed by atoms with van der Waals surface area (Å²) in [5, 5.41) is 0. The van der Waals surface area contributed by atoms with Gasteiger partial charge in [-0.3, -0.25) is 9.69 Å². The van der Waals surface area contributed by atoms with Gasteiger partial charge in [0.05, 0.1) is 12.8 Å². The zero-order valence-corrected chi connectivity index (χ0v) is 17.1. The zero-order chi connectivity index (χ0) is 23.3. The maximum atomic E-state index is 12.7. The van der Waals surface area contributed by atoms with Crippen molar-refractivity contribution in [3.8, 4) is 17.2 Å². The number of hydrogen-bond donors (Lipinski definition) is 0. The lowest BCUT2D eigenvalue weighted by Gasteiger charge is -2.22. The number of benzene rings is 3. The maximum Gasteiger partial charge on any atom is 0.573 e. The second kappa shape index (κ2) is 9.42. The monoisotopic (exact) mass is 445 g/mol. The topological polar surface area (TPSA) is 65.1 Å². The van der Waals surface area contributed by atoms with Crippen LogP contribution in [0.15, 0.2) is 72.8 Å². The summed E-state index contributed by atoms with van der Waals surface area (Å²) < 4.78 is 51.0. The normalized spacial score (nSPS) is 10.9. The van der Waals surface area contributed by atoms with Crippen molar-refractivity contribution >= 4 is 23.3 Å². The van der Waals surface area contributed by atoms with E-state index in [0.29, 0.717) is 17.1 Å². The Labute approximate surface area is 181 Å². The highest BCUT2D eigenvalue weighted by molar-refractivity contribution is 6.39. The van der Waals surface area contributed by atoms with E-state index in [1.165, 1.54) is 23.1 Å². The number of anilines is 2. The minimum atomic E-state index is -4.79. The predicted octanol–water partition coefficient (Wildman–Crippen LogP) is 5.52. The van der Waals surface area contributed by atoms with Crippen LogP contribution < -0.4 is 14.4 Å². The van der Waals surface area contributed by atoms with Crippen molar-refractivity contribution in [2.75, 3.05) is 12.0 Å². The molecule has 0 saturated carbocycles. The number of amides is 1. The predicted molar refractivity (Wildman–Crippen MR) is 110 cm³/mol. The fraction of sp³-hybridized carbons (Fsp3) is 0.130. The van der Waals surface area contributed by atoms with Gasteiger partial charge in [0.2, 0.25) is 0 Å². The fourth-order valence-electron chi connectivity index (χ4n) is 2.79. The molecule has 3 aromatic carbocycles. The van der Waals surface area contributed by atoms with Gasteiger partial charge in [-0.1, -0.05) is 23.8 Å². The second-order valence-electron chi connectivity index (χ2n) is 6.59. The summed E-state index contributed by atoms with van der Waals surface area (Å²) in [6.07, 6.45) is -4.79. The SMILES string of the molecule is COC(=O)C(=O)N(c1ccc(C)cc1)c1cccc(Oc2ccc(OC(F)(F)F)cc2)c1. The Balaban J connectivity index is 1.88. The molecular formula is C23H18F3NO5. The molecule has 0 bridgehead atoms. The Morgan fingerprint density at radius 3 is 2.03 bits per heavy atom. The van der Waals surface area contributed by atoms with Crippen LogP contribution >= 0.6 is 0 Å². The van der Waals surface area contributed by atoms with Crippen LogP contribution in [0.25, 0.3) is 0 Å². The molecule has 0 spiro atoms. The molecule has 0 aliphatic heterocycles. The van der Waals surface area contributed by atoms with Crippen LogP contribution in [0.3, 0.4) is 0 Å². The summed E-state index contributed by atoms with van der Waals surface area (Å²) in [6, 6.07) is 18.1. The van der Waals surface area contributed by atoms with Gasteiger partial charge in [0, 0.05) is 11.8 Å². The summed E-state index contributed by atoms with van der Waals surface area (Å²) in [4.78, 5) is 25.8. The lowest BCUT2D eigenvalue weighted by molar-refractivity contribution is -0.274. The van der Waals surface area contributed by atoms with E-state index >= 15 is 0 Å². The van der Waals surface area contributed by atoms with Crippen LogP contribution in [0.4, 0.5) is 24.5 Å². The summed E-state index contributed by atoms with van der Waals surface area (Å²) >= 11 is 0. The van der Waals surface area contributed by atoms with E-state index in [2.05, 4.69) is 9.47 Å². The van der Waals surface area contributed by atoms with Gasteiger partial charge in [-0.05, 0) is 55.5 Å². The summed E-state index contributed by atoms with van der Waals surface area (Å²) in [6.45, 7) is 1.88. The van der Waals surface area contributed by atoms with Gasteiger partial charge in [-0.25, -0.2) is 4.79 Å². The molecule has 3 rings (SSSR count). The van der Waals surface area contributed by atoms with Gasteiger partial charge >= 0.3 is 18.2 Å². The first-order valence-electron chi connectivity index (χ1n) is 9.29. The highest BCUT2D eigenvalue weighted by Crippen LogP contribution is 2.32. The van der Waals surface area contributed by atoms with Crippen molar-refractivity contribution in [3.63, 3.8) is 0 Å². The fourth-order valence-corrected chi connectivity index (χ4v) is 2.79. The molecule has 0 N–H and O–H groups in total. The standard InChI is InChI=1S/C23H18F3NO5/c1-15-6-8-16(9-7-15)27(21(28)22(29)30-2)17-4-3-5-20(14-17)31-18-10-12-19(13-11-18)32-23(24,25)26/h3-14H,1-2H3. The average molecular weight is 445 g/mol. The van der Waals surface area contributed by atoms with Gasteiger partial charge < -0.3 is 14.2 Å². The van der Waals surface area contributed by atoms with Crippen LogP contribution in [-0.2, 0) is 14.3 Å². The van der Waals surface area contributed by atoms with E-state index in [1.807, 2.05) is 6.92 Å².